The SMILES string of the molecule is C=C(F)F.C=CNC=O. The van der Waals surface area contributed by atoms with E-state index in [4.69, 9.17) is 0 Å². The molecule has 0 rings (SSSR count). The molecule has 2 nitrogen and oxygen atoms in total. The summed E-state index contributed by atoms with van der Waals surface area (Å²) in [6.45, 7) is 5.43. The molecule has 0 spiro atoms. The minimum atomic E-state index is -1.83. The Labute approximate surface area is 51.9 Å². The zero-order valence-corrected chi connectivity index (χ0v) is 4.73. The van der Waals surface area contributed by atoms with Crippen LogP contribution in [0.15, 0.2) is 25.4 Å². The number of halogens is 2. The Morgan fingerprint density at radius 1 is 1.56 bits per heavy atom. The van der Waals surface area contributed by atoms with Crippen LogP contribution in [0.2, 0.25) is 0 Å². The second-order valence-electron chi connectivity index (χ2n) is 0.827. The van der Waals surface area contributed by atoms with Gasteiger partial charge >= 0.3 is 0 Å². The first-order valence-electron chi connectivity index (χ1n) is 1.95. The summed E-state index contributed by atoms with van der Waals surface area (Å²) in [5.74, 6) is 0. The molecular formula is C5H7F2NO. The Hall–Kier alpha value is -1.19. The molecule has 0 saturated heterocycles. The molecule has 0 radical (unpaired) electrons. The third-order valence-corrected chi connectivity index (χ3v) is 0.186. The largest absolute Gasteiger partial charge is 0.336 e. The summed E-state index contributed by atoms with van der Waals surface area (Å²) in [4.78, 5) is 9.22. The molecule has 0 aliphatic rings. The maximum absolute atomic E-state index is 10.1. The molecule has 0 atom stereocenters. The predicted octanol–water partition coefficient (Wildman–Crippen LogP) is 1.27. The fraction of sp³-hybridized carbons (Fsp3) is 0. The van der Waals surface area contributed by atoms with Gasteiger partial charge in [0.05, 0.1) is 0 Å². The van der Waals surface area contributed by atoms with Gasteiger partial charge in [-0.15, -0.1) is 0 Å². The van der Waals surface area contributed by atoms with E-state index >= 15 is 0 Å². The van der Waals surface area contributed by atoms with Crippen molar-refractivity contribution in [1.82, 2.24) is 5.32 Å². The monoisotopic (exact) mass is 135 g/mol. The molecule has 0 aliphatic carbocycles. The molecule has 0 aromatic heterocycles. The van der Waals surface area contributed by atoms with Crippen LogP contribution in [-0.4, -0.2) is 6.41 Å². The molecule has 0 aromatic carbocycles. The van der Waals surface area contributed by atoms with Gasteiger partial charge in [0.25, 0.3) is 6.08 Å². The van der Waals surface area contributed by atoms with Gasteiger partial charge in [0.2, 0.25) is 6.41 Å². The van der Waals surface area contributed by atoms with E-state index in [1.54, 1.807) is 0 Å². The minimum absolute atomic E-state index is 0.562. The van der Waals surface area contributed by atoms with Gasteiger partial charge in [0.15, 0.2) is 0 Å². The minimum Gasteiger partial charge on any atom is -0.336 e. The number of carbonyl (C=O) groups excluding carboxylic acids is 1. The first kappa shape index (κ1) is 10.7. The lowest BCUT2D eigenvalue weighted by Crippen LogP contribution is -1.96. The maximum atomic E-state index is 10.1. The van der Waals surface area contributed by atoms with Gasteiger partial charge in [-0.2, -0.15) is 8.78 Å². The lowest BCUT2D eigenvalue weighted by molar-refractivity contribution is -0.108. The number of nitrogens with one attached hydrogen (secondary N) is 1. The molecule has 52 valence electrons. The van der Waals surface area contributed by atoms with Crippen LogP contribution in [0.1, 0.15) is 0 Å². The van der Waals surface area contributed by atoms with Crippen LogP contribution in [0.25, 0.3) is 0 Å². The van der Waals surface area contributed by atoms with Crippen molar-refractivity contribution < 1.29 is 13.6 Å². The molecule has 0 fully saturated rings. The van der Waals surface area contributed by atoms with Gasteiger partial charge in [-0.25, -0.2) is 0 Å². The number of rotatable bonds is 2. The summed E-state index contributed by atoms with van der Waals surface area (Å²) in [6, 6.07) is 0. The molecular weight excluding hydrogens is 128 g/mol. The molecule has 0 unspecified atom stereocenters. The van der Waals surface area contributed by atoms with Gasteiger partial charge in [0.1, 0.15) is 0 Å². The summed E-state index contributed by atoms with van der Waals surface area (Å²) >= 11 is 0. The van der Waals surface area contributed by atoms with Crippen molar-refractivity contribution in [3.63, 3.8) is 0 Å². The van der Waals surface area contributed by atoms with E-state index in [9.17, 15) is 13.6 Å². The first-order chi connectivity index (χ1) is 4.15. The van der Waals surface area contributed by atoms with Crippen molar-refractivity contribution in [2.24, 2.45) is 0 Å². The molecule has 0 aliphatic heterocycles. The van der Waals surface area contributed by atoms with Crippen molar-refractivity contribution in [3.05, 3.63) is 25.4 Å². The van der Waals surface area contributed by atoms with E-state index < -0.39 is 6.08 Å². The highest BCUT2D eigenvalue weighted by Gasteiger charge is 1.65. The predicted molar refractivity (Wildman–Crippen MR) is 30.8 cm³/mol. The van der Waals surface area contributed by atoms with E-state index in [-0.39, 0.29) is 0 Å². The number of amides is 1. The van der Waals surface area contributed by atoms with Crippen LogP contribution >= 0.6 is 0 Å². The van der Waals surface area contributed by atoms with Crippen molar-refractivity contribution in [3.8, 4) is 0 Å². The van der Waals surface area contributed by atoms with E-state index in [1.165, 1.54) is 6.20 Å². The number of hydrogen-bond acceptors (Lipinski definition) is 1. The summed E-state index contributed by atoms with van der Waals surface area (Å²) in [6.07, 6.45) is 0.0417. The maximum Gasteiger partial charge on any atom is 0.263 e. The Bertz CT molecular complexity index is 93.1. The van der Waals surface area contributed by atoms with E-state index in [0.29, 0.717) is 6.41 Å². The van der Waals surface area contributed by atoms with Crippen LogP contribution in [0.4, 0.5) is 8.78 Å². The lowest BCUT2D eigenvalue weighted by atomic mass is 11.0. The summed E-state index contributed by atoms with van der Waals surface area (Å²) < 4.78 is 20.3. The normalized spacial score (nSPS) is 6.00. The first-order valence-corrected chi connectivity index (χ1v) is 1.95. The Balaban J connectivity index is 0. The number of carbonyl (C=O) groups is 1. The summed E-state index contributed by atoms with van der Waals surface area (Å²) in [5.41, 5.74) is 0. The van der Waals surface area contributed by atoms with Crippen LogP contribution in [0.5, 0.6) is 0 Å². The second kappa shape index (κ2) is 9.94. The van der Waals surface area contributed by atoms with E-state index in [0.717, 1.165) is 0 Å². The van der Waals surface area contributed by atoms with Crippen molar-refractivity contribution in [2.45, 2.75) is 0 Å². The molecule has 0 aromatic rings. The molecule has 9 heavy (non-hydrogen) atoms. The highest BCUT2D eigenvalue weighted by atomic mass is 19.3. The summed E-state index contributed by atoms with van der Waals surface area (Å²) in [5, 5.41) is 2.19. The standard InChI is InChI=1S/C3H5NO.C2H2F2/c1-2-4-3-5;1-2(3)4/h2-3H,1H2,(H,4,5);1H2. The molecule has 0 saturated carbocycles. The van der Waals surface area contributed by atoms with Crippen molar-refractivity contribution in [2.75, 3.05) is 0 Å². The average Bonchev–Trinajstić information content (AvgIpc) is 1.66. The topological polar surface area (TPSA) is 29.1 Å². The fourth-order valence-corrected chi connectivity index (χ4v) is 0.0481. The molecule has 4 heteroatoms. The van der Waals surface area contributed by atoms with E-state index in [2.05, 4.69) is 18.5 Å². The van der Waals surface area contributed by atoms with Crippen LogP contribution < -0.4 is 5.32 Å². The van der Waals surface area contributed by atoms with Gasteiger partial charge < -0.3 is 5.32 Å². The van der Waals surface area contributed by atoms with Crippen molar-refractivity contribution >= 4 is 6.41 Å². The van der Waals surface area contributed by atoms with Crippen LogP contribution in [-0.2, 0) is 4.79 Å². The Morgan fingerprint density at radius 2 is 1.89 bits per heavy atom. The van der Waals surface area contributed by atoms with Crippen molar-refractivity contribution in [1.29, 1.82) is 0 Å². The quantitative estimate of drug-likeness (QED) is 0.567. The molecule has 1 N–H and O–H groups in total. The van der Waals surface area contributed by atoms with Crippen LogP contribution in [0, 0.1) is 0 Å². The van der Waals surface area contributed by atoms with E-state index in [1.807, 2.05) is 0 Å². The highest BCUT2D eigenvalue weighted by Crippen LogP contribution is 1.85. The van der Waals surface area contributed by atoms with Gasteiger partial charge in [-0.05, 0) is 12.8 Å². The fourth-order valence-electron chi connectivity index (χ4n) is 0.0481. The summed E-state index contributed by atoms with van der Waals surface area (Å²) in [7, 11) is 0. The molecule has 0 bridgehead atoms. The van der Waals surface area contributed by atoms with Crippen LogP contribution in [0.3, 0.4) is 0 Å². The van der Waals surface area contributed by atoms with Gasteiger partial charge in [-0.3, -0.25) is 4.79 Å². The second-order valence-corrected chi connectivity index (χ2v) is 0.827. The Kier molecular flexibility index (Phi) is 11.8. The number of hydrogen-bond donors (Lipinski definition) is 1. The third-order valence-electron chi connectivity index (χ3n) is 0.186. The zero-order chi connectivity index (χ0) is 7.70. The van der Waals surface area contributed by atoms with Gasteiger partial charge in [0, 0.05) is 0 Å². The smallest absolute Gasteiger partial charge is 0.263 e. The lowest BCUT2D eigenvalue weighted by Gasteiger charge is -1.70. The van der Waals surface area contributed by atoms with Gasteiger partial charge in [-0.1, -0.05) is 6.58 Å². The Morgan fingerprint density at radius 3 is 1.89 bits per heavy atom. The zero-order valence-electron chi connectivity index (χ0n) is 4.73. The average molecular weight is 135 g/mol. The molecule has 1 amide bonds. The molecule has 0 heterocycles. The third kappa shape index (κ3) is 240. The highest BCUT2D eigenvalue weighted by molar-refractivity contribution is 5.47.